The minimum atomic E-state index is -0.359. The molecular weight excluding hydrogens is 297 g/mol. The van der Waals surface area contributed by atoms with Crippen LogP contribution in [0, 0.1) is 11.7 Å². The molecule has 2 amide bonds. The minimum absolute atomic E-state index is 0. The van der Waals surface area contributed by atoms with E-state index in [0.29, 0.717) is 5.69 Å². The first-order valence-electron chi connectivity index (χ1n) is 6.69. The SMILES string of the molecule is Cl.O=C(CNC(=O)C1CCNCC1)Nc1ccc(F)cc1. The van der Waals surface area contributed by atoms with Crippen molar-refractivity contribution in [1.29, 1.82) is 0 Å². The number of carbonyl (C=O) groups excluding carboxylic acids is 2. The highest BCUT2D eigenvalue weighted by Crippen LogP contribution is 2.11. The maximum atomic E-state index is 12.7. The lowest BCUT2D eigenvalue weighted by Crippen LogP contribution is -2.41. The summed E-state index contributed by atoms with van der Waals surface area (Å²) in [5, 5.41) is 8.41. The van der Waals surface area contributed by atoms with Crippen molar-refractivity contribution in [2.24, 2.45) is 5.92 Å². The number of piperidine rings is 1. The quantitative estimate of drug-likeness (QED) is 0.784. The van der Waals surface area contributed by atoms with Gasteiger partial charge in [0, 0.05) is 11.6 Å². The molecule has 7 heteroatoms. The molecule has 21 heavy (non-hydrogen) atoms. The van der Waals surface area contributed by atoms with Crippen molar-refractivity contribution >= 4 is 29.9 Å². The number of amides is 2. The molecule has 0 radical (unpaired) electrons. The van der Waals surface area contributed by atoms with Gasteiger partial charge in [-0.1, -0.05) is 0 Å². The molecule has 0 bridgehead atoms. The first-order chi connectivity index (χ1) is 9.65. The van der Waals surface area contributed by atoms with Gasteiger partial charge in [-0.2, -0.15) is 0 Å². The van der Waals surface area contributed by atoms with Gasteiger partial charge >= 0.3 is 0 Å². The first-order valence-corrected chi connectivity index (χ1v) is 6.69. The Morgan fingerprint density at radius 1 is 1.19 bits per heavy atom. The molecule has 0 spiro atoms. The van der Waals surface area contributed by atoms with Crippen molar-refractivity contribution in [3.63, 3.8) is 0 Å². The Bertz CT molecular complexity index is 476. The number of hydrogen-bond acceptors (Lipinski definition) is 3. The standard InChI is InChI=1S/C14H18FN3O2.ClH/c15-11-1-3-12(4-2-11)18-13(19)9-17-14(20)10-5-7-16-8-6-10;/h1-4,10,16H,5-9H2,(H,17,20)(H,18,19);1H. The Hall–Kier alpha value is -1.66. The third kappa shape index (κ3) is 5.69. The molecule has 1 saturated heterocycles. The normalized spacial score (nSPS) is 14.9. The summed E-state index contributed by atoms with van der Waals surface area (Å²) in [5.74, 6) is -0.781. The molecule has 3 N–H and O–H groups in total. The van der Waals surface area contributed by atoms with E-state index in [1.807, 2.05) is 0 Å². The zero-order valence-corrected chi connectivity index (χ0v) is 12.3. The molecule has 2 rings (SSSR count). The van der Waals surface area contributed by atoms with Crippen molar-refractivity contribution in [2.75, 3.05) is 25.0 Å². The Kier molecular flexibility index (Phi) is 7.11. The summed E-state index contributed by atoms with van der Waals surface area (Å²) >= 11 is 0. The van der Waals surface area contributed by atoms with Crippen molar-refractivity contribution in [2.45, 2.75) is 12.8 Å². The minimum Gasteiger partial charge on any atom is -0.347 e. The van der Waals surface area contributed by atoms with Crippen LogP contribution in [0.4, 0.5) is 10.1 Å². The van der Waals surface area contributed by atoms with Crippen LogP contribution in [0.25, 0.3) is 0 Å². The van der Waals surface area contributed by atoms with Gasteiger partial charge in [-0.15, -0.1) is 12.4 Å². The van der Waals surface area contributed by atoms with E-state index in [-0.39, 0.29) is 42.5 Å². The summed E-state index contributed by atoms with van der Waals surface area (Å²) in [6.07, 6.45) is 1.59. The van der Waals surface area contributed by atoms with Crippen LogP contribution in [0.3, 0.4) is 0 Å². The largest absolute Gasteiger partial charge is 0.347 e. The molecular formula is C14H19ClFN3O2. The highest BCUT2D eigenvalue weighted by molar-refractivity contribution is 5.94. The van der Waals surface area contributed by atoms with Gasteiger partial charge in [0.05, 0.1) is 6.54 Å². The van der Waals surface area contributed by atoms with Crippen molar-refractivity contribution < 1.29 is 14.0 Å². The highest BCUT2D eigenvalue weighted by atomic mass is 35.5. The highest BCUT2D eigenvalue weighted by Gasteiger charge is 2.20. The fraction of sp³-hybridized carbons (Fsp3) is 0.429. The van der Waals surface area contributed by atoms with E-state index in [2.05, 4.69) is 16.0 Å². The lowest BCUT2D eigenvalue weighted by molar-refractivity contribution is -0.127. The van der Waals surface area contributed by atoms with Crippen LogP contribution in [0.5, 0.6) is 0 Å². The number of carbonyl (C=O) groups is 2. The third-order valence-corrected chi connectivity index (χ3v) is 3.26. The number of rotatable bonds is 4. The predicted molar refractivity (Wildman–Crippen MR) is 80.9 cm³/mol. The van der Waals surface area contributed by atoms with Crippen LogP contribution in [-0.4, -0.2) is 31.4 Å². The zero-order valence-electron chi connectivity index (χ0n) is 11.5. The lowest BCUT2D eigenvalue weighted by atomic mass is 9.97. The average Bonchev–Trinajstić information content (AvgIpc) is 2.48. The summed E-state index contributed by atoms with van der Waals surface area (Å²) in [6, 6.07) is 5.48. The molecule has 116 valence electrons. The maximum absolute atomic E-state index is 12.7. The lowest BCUT2D eigenvalue weighted by Gasteiger charge is -2.21. The molecule has 0 unspecified atom stereocenters. The van der Waals surface area contributed by atoms with Gasteiger partial charge < -0.3 is 16.0 Å². The number of anilines is 1. The molecule has 0 atom stereocenters. The Morgan fingerprint density at radius 2 is 1.81 bits per heavy atom. The van der Waals surface area contributed by atoms with E-state index >= 15 is 0 Å². The zero-order chi connectivity index (χ0) is 14.4. The van der Waals surface area contributed by atoms with E-state index in [1.54, 1.807) is 0 Å². The Morgan fingerprint density at radius 3 is 2.43 bits per heavy atom. The number of benzene rings is 1. The molecule has 5 nitrogen and oxygen atoms in total. The molecule has 1 aromatic carbocycles. The topological polar surface area (TPSA) is 70.2 Å². The molecule has 1 aliphatic heterocycles. The van der Waals surface area contributed by atoms with E-state index in [0.717, 1.165) is 25.9 Å². The second-order valence-electron chi connectivity index (χ2n) is 4.80. The summed E-state index contributed by atoms with van der Waals surface area (Å²) in [5.41, 5.74) is 0.507. The van der Waals surface area contributed by atoms with Gasteiger partial charge in [0.1, 0.15) is 5.82 Å². The smallest absolute Gasteiger partial charge is 0.243 e. The number of hydrogen-bond donors (Lipinski definition) is 3. The fourth-order valence-corrected chi connectivity index (χ4v) is 2.13. The first kappa shape index (κ1) is 17.4. The summed E-state index contributed by atoms with van der Waals surface area (Å²) in [7, 11) is 0. The van der Waals surface area contributed by atoms with Crippen LogP contribution >= 0.6 is 12.4 Å². The van der Waals surface area contributed by atoms with Crippen LogP contribution in [0.1, 0.15) is 12.8 Å². The van der Waals surface area contributed by atoms with Crippen molar-refractivity contribution in [3.05, 3.63) is 30.1 Å². The van der Waals surface area contributed by atoms with Gasteiger partial charge in [-0.25, -0.2) is 4.39 Å². The molecule has 1 fully saturated rings. The van der Waals surface area contributed by atoms with Crippen LogP contribution < -0.4 is 16.0 Å². The van der Waals surface area contributed by atoms with Crippen molar-refractivity contribution in [1.82, 2.24) is 10.6 Å². The summed E-state index contributed by atoms with van der Waals surface area (Å²) in [6.45, 7) is 1.60. The molecule has 0 saturated carbocycles. The second-order valence-corrected chi connectivity index (χ2v) is 4.80. The van der Waals surface area contributed by atoms with Gasteiger partial charge in [-0.3, -0.25) is 9.59 Å². The van der Waals surface area contributed by atoms with E-state index in [1.165, 1.54) is 24.3 Å². The number of halogens is 2. The van der Waals surface area contributed by atoms with E-state index < -0.39 is 0 Å². The predicted octanol–water partition coefficient (Wildman–Crippen LogP) is 1.30. The van der Waals surface area contributed by atoms with E-state index in [9.17, 15) is 14.0 Å². The van der Waals surface area contributed by atoms with Gasteiger partial charge in [0.15, 0.2) is 0 Å². The average molecular weight is 316 g/mol. The summed E-state index contributed by atoms with van der Waals surface area (Å²) in [4.78, 5) is 23.5. The fourth-order valence-electron chi connectivity index (χ4n) is 2.13. The van der Waals surface area contributed by atoms with E-state index in [4.69, 9.17) is 0 Å². The van der Waals surface area contributed by atoms with Gasteiger partial charge in [-0.05, 0) is 50.2 Å². The van der Waals surface area contributed by atoms with Crippen LogP contribution in [-0.2, 0) is 9.59 Å². The van der Waals surface area contributed by atoms with Crippen LogP contribution in [0.15, 0.2) is 24.3 Å². The van der Waals surface area contributed by atoms with Crippen LogP contribution in [0.2, 0.25) is 0 Å². The van der Waals surface area contributed by atoms with Crippen molar-refractivity contribution in [3.8, 4) is 0 Å². The third-order valence-electron chi connectivity index (χ3n) is 3.26. The Labute approximate surface area is 129 Å². The molecule has 1 aromatic rings. The summed E-state index contributed by atoms with van der Waals surface area (Å²) < 4.78 is 12.7. The number of nitrogens with one attached hydrogen (secondary N) is 3. The Balaban J connectivity index is 0.00000220. The van der Waals surface area contributed by atoms with Gasteiger partial charge in [0.2, 0.25) is 11.8 Å². The van der Waals surface area contributed by atoms with Gasteiger partial charge in [0.25, 0.3) is 0 Å². The molecule has 1 aliphatic rings. The molecule has 1 heterocycles. The molecule has 0 aliphatic carbocycles. The maximum Gasteiger partial charge on any atom is 0.243 e. The molecule has 0 aromatic heterocycles. The second kappa shape index (κ2) is 8.59. The monoisotopic (exact) mass is 315 g/mol.